The highest BCUT2D eigenvalue weighted by molar-refractivity contribution is 7.25. The number of carbonyl (C=O) groups is 1. The summed E-state index contributed by atoms with van der Waals surface area (Å²) in [6, 6.07) is 15.2. The van der Waals surface area contributed by atoms with Gasteiger partial charge in [-0.25, -0.2) is 9.97 Å². The van der Waals surface area contributed by atoms with Crippen LogP contribution in [0.2, 0.25) is 5.02 Å². The predicted octanol–water partition coefficient (Wildman–Crippen LogP) is 4.70. The Kier molecular flexibility index (Phi) is 5.27. The van der Waals surface area contributed by atoms with E-state index in [2.05, 4.69) is 10.3 Å². The number of hydrogen-bond donors (Lipinski definition) is 1. The molecule has 0 saturated heterocycles. The third-order valence-corrected chi connectivity index (χ3v) is 7.17. The largest absolute Gasteiger partial charge is 0.350 e. The van der Waals surface area contributed by atoms with Crippen LogP contribution in [-0.2, 0) is 17.9 Å². The van der Waals surface area contributed by atoms with Crippen LogP contribution in [0.1, 0.15) is 5.56 Å². The van der Waals surface area contributed by atoms with Crippen molar-refractivity contribution >= 4 is 60.6 Å². The van der Waals surface area contributed by atoms with Crippen LogP contribution in [0.4, 0.5) is 0 Å². The Morgan fingerprint density at radius 2 is 2.00 bits per heavy atom. The smallest absolute Gasteiger partial charge is 0.271 e. The van der Waals surface area contributed by atoms with Crippen molar-refractivity contribution in [3.05, 3.63) is 81.2 Å². The maximum atomic E-state index is 13.0. The minimum Gasteiger partial charge on any atom is -0.350 e. The summed E-state index contributed by atoms with van der Waals surface area (Å²) in [5.74, 6) is -0.289. The molecule has 0 aliphatic heterocycles. The van der Waals surface area contributed by atoms with Gasteiger partial charge in [-0.05, 0) is 35.2 Å². The molecular formula is C22H15ClN4O2S2. The molecule has 0 fully saturated rings. The molecule has 0 bridgehead atoms. The first-order valence-electron chi connectivity index (χ1n) is 9.43. The Hall–Kier alpha value is -3.07. The molecule has 1 amide bonds. The Morgan fingerprint density at radius 1 is 1.13 bits per heavy atom. The van der Waals surface area contributed by atoms with E-state index in [1.165, 1.54) is 22.2 Å². The second-order valence-electron chi connectivity index (χ2n) is 6.85. The monoisotopic (exact) mass is 466 g/mol. The predicted molar refractivity (Wildman–Crippen MR) is 126 cm³/mol. The molecule has 0 unspecified atom stereocenters. The van der Waals surface area contributed by atoms with Crippen LogP contribution < -0.4 is 10.9 Å². The molecule has 4 aromatic heterocycles. The van der Waals surface area contributed by atoms with Gasteiger partial charge in [0.1, 0.15) is 16.1 Å². The average Bonchev–Trinajstić information content (AvgIpc) is 3.43. The summed E-state index contributed by atoms with van der Waals surface area (Å²) in [7, 11) is 0. The van der Waals surface area contributed by atoms with Gasteiger partial charge in [0, 0.05) is 17.0 Å². The lowest BCUT2D eigenvalue weighted by atomic mass is 10.2. The standard InChI is InChI=1S/C22H15ClN4O2S2/c23-15-5-2-1-4-13(15)10-24-18(28)11-27-12-25-19-14-7-8-16(17-6-3-9-30-17)26-21(14)31-20(19)22(27)29/h1-9,12H,10-11H2,(H,24,28). The van der Waals surface area contributed by atoms with Crippen molar-refractivity contribution in [1.82, 2.24) is 19.9 Å². The van der Waals surface area contributed by atoms with Gasteiger partial charge in [-0.3, -0.25) is 14.2 Å². The van der Waals surface area contributed by atoms with E-state index in [-0.39, 0.29) is 18.0 Å². The molecular weight excluding hydrogens is 452 g/mol. The summed E-state index contributed by atoms with van der Waals surface area (Å²) in [5.41, 5.74) is 2.05. The van der Waals surface area contributed by atoms with Crippen LogP contribution in [0, 0.1) is 0 Å². The summed E-state index contributed by atoms with van der Waals surface area (Å²) in [4.78, 5) is 36.3. The van der Waals surface area contributed by atoms with Crippen LogP contribution in [0.15, 0.2) is 65.0 Å². The fourth-order valence-electron chi connectivity index (χ4n) is 3.27. The molecule has 9 heteroatoms. The number of carbonyl (C=O) groups excluding carboxylic acids is 1. The lowest BCUT2D eigenvalue weighted by Crippen LogP contribution is -2.32. The van der Waals surface area contributed by atoms with E-state index < -0.39 is 0 Å². The van der Waals surface area contributed by atoms with Crippen LogP contribution in [-0.4, -0.2) is 20.4 Å². The molecule has 0 radical (unpaired) electrons. The second kappa shape index (κ2) is 8.22. The number of halogens is 1. The highest BCUT2D eigenvalue weighted by Gasteiger charge is 2.15. The second-order valence-corrected chi connectivity index (χ2v) is 9.21. The normalized spacial score (nSPS) is 11.3. The van der Waals surface area contributed by atoms with Crippen LogP contribution in [0.3, 0.4) is 0 Å². The van der Waals surface area contributed by atoms with E-state index >= 15 is 0 Å². The first kappa shape index (κ1) is 19.9. The average molecular weight is 467 g/mol. The van der Waals surface area contributed by atoms with Crippen LogP contribution in [0.5, 0.6) is 0 Å². The number of amides is 1. The molecule has 154 valence electrons. The number of fused-ring (bicyclic) bond motifs is 3. The molecule has 0 spiro atoms. The maximum absolute atomic E-state index is 13.0. The van der Waals surface area contributed by atoms with Gasteiger partial charge in [0.15, 0.2) is 0 Å². The Balaban J connectivity index is 1.41. The number of aromatic nitrogens is 3. The van der Waals surface area contributed by atoms with Crippen molar-refractivity contribution in [3.63, 3.8) is 0 Å². The minimum absolute atomic E-state index is 0.117. The molecule has 0 aliphatic carbocycles. The third-order valence-electron chi connectivity index (χ3n) is 4.83. The van der Waals surface area contributed by atoms with E-state index in [0.717, 1.165) is 26.4 Å². The number of hydrogen-bond acceptors (Lipinski definition) is 6. The lowest BCUT2D eigenvalue weighted by Gasteiger charge is -2.08. The molecule has 31 heavy (non-hydrogen) atoms. The summed E-state index contributed by atoms with van der Waals surface area (Å²) in [6.07, 6.45) is 1.42. The van der Waals surface area contributed by atoms with E-state index in [0.29, 0.717) is 21.8 Å². The Labute approximate surface area is 189 Å². The van der Waals surface area contributed by atoms with Gasteiger partial charge in [0.2, 0.25) is 5.91 Å². The van der Waals surface area contributed by atoms with Gasteiger partial charge >= 0.3 is 0 Å². The van der Waals surface area contributed by atoms with Crippen molar-refractivity contribution in [2.45, 2.75) is 13.1 Å². The van der Waals surface area contributed by atoms with E-state index in [1.807, 2.05) is 47.8 Å². The van der Waals surface area contributed by atoms with Gasteiger partial charge in [0.05, 0.1) is 22.4 Å². The zero-order valence-electron chi connectivity index (χ0n) is 16.0. The molecule has 0 atom stereocenters. The molecule has 5 aromatic rings. The molecule has 1 N–H and O–H groups in total. The Bertz CT molecular complexity index is 1470. The first-order valence-corrected chi connectivity index (χ1v) is 11.5. The highest BCUT2D eigenvalue weighted by Crippen LogP contribution is 2.32. The van der Waals surface area contributed by atoms with Crippen molar-refractivity contribution in [1.29, 1.82) is 0 Å². The van der Waals surface area contributed by atoms with Gasteiger partial charge in [-0.15, -0.1) is 22.7 Å². The molecule has 1 aromatic carbocycles. The van der Waals surface area contributed by atoms with E-state index in [4.69, 9.17) is 16.6 Å². The van der Waals surface area contributed by atoms with Gasteiger partial charge < -0.3 is 5.32 Å². The SMILES string of the molecule is O=C(Cn1cnc2c(sc3nc(-c4cccs4)ccc32)c1=O)NCc1ccccc1Cl. The highest BCUT2D eigenvalue weighted by atomic mass is 35.5. The van der Waals surface area contributed by atoms with Crippen molar-refractivity contribution in [2.75, 3.05) is 0 Å². The Morgan fingerprint density at radius 3 is 2.81 bits per heavy atom. The summed E-state index contributed by atoms with van der Waals surface area (Å²) in [5, 5.41) is 6.22. The number of pyridine rings is 1. The topological polar surface area (TPSA) is 76.9 Å². The lowest BCUT2D eigenvalue weighted by molar-refractivity contribution is -0.121. The molecule has 4 heterocycles. The minimum atomic E-state index is -0.289. The number of rotatable bonds is 5. The zero-order chi connectivity index (χ0) is 21.4. The third kappa shape index (κ3) is 3.85. The number of nitrogens with zero attached hydrogens (tertiary/aromatic N) is 3. The number of thiophene rings is 2. The van der Waals surface area contributed by atoms with Crippen LogP contribution in [0.25, 0.3) is 31.0 Å². The fraction of sp³-hybridized carbons (Fsp3) is 0.0909. The van der Waals surface area contributed by atoms with Crippen LogP contribution >= 0.6 is 34.3 Å². The van der Waals surface area contributed by atoms with Crippen molar-refractivity contribution in [2.24, 2.45) is 0 Å². The first-order chi connectivity index (χ1) is 15.1. The molecule has 0 saturated carbocycles. The number of benzene rings is 1. The van der Waals surface area contributed by atoms with E-state index in [1.54, 1.807) is 17.4 Å². The van der Waals surface area contributed by atoms with Crippen molar-refractivity contribution < 1.29 is 4.79 Å². The van der Waals surface area contributed by atoms with Crippen molar-refractivity contribution in [3.8, 4) is 10.6 Å². The fourth-order valence-corrected chi connectivity index (χ4v) is 5.24. The summed E-state index contributed by atoms with van der Waals surface area (Å²) in [6.45, 7) is 0.176. The molecule has 0 aliphatic rings. The van der Waals surface area contributed by atoms with E-state index in [9.17, 15) is 9.59 Å². The van der Waals surface area contributed by atoms with Gasteiger partial charge in [0.25, 0.3) is 5.56 Å². The zero-order valence-corrected chi connectivity index (χ0v) is 18.4. The maximum Gasteiger partial charge on any atom is 0.271 e. The summed E-state index contributed by atoms with van der Waals surface area (Å²) >= 11 is 9.04. The molecule has 6 nitrogen and oxygen atoms in total. The molecule has 5 rings (SSSR count). The quantitative estimate of drug-likeness (QED) is 0.407. The summed E-state index contributed by atoms with van der Waals surface area (Å²) < 4.78 is 1.81. The van der Waals surface area contributed by atoms with Gasteiger partial charge in [-0.1, -0.05) is 35.9 Å². The van der Waals surface area contributed by atoms with Gasteiger partial charge in [-0.2, -0.15) is 0 Å². The number of nitrogens with one attached hydrogen (secondary N) is 1.